The highest BCUT2D eigenvalue weighted by Gasteiger charge is 2.33. The van der Waals surface area contributed by atoms with Crippen LogP contribution in [0.4, 0.5) is 37.7 Å². The molecule has 6 heterocycles. The monoisotopic (exact) mass is 1200 g/mol. The highest BCUT2D eigenvalue weighted by Crippen LogP contribution is 2.35. The number of aryl methyl sites for hydroxylation is 3. The number of halogens is 6. The number of aromatic nitrogens is 6. The maximum absolute atomic E-state index is 13.5. The Bertz CT molecular complexity index is 3220. The molecule has 2 aliphatic rings. The normalized spacial score (nSPS) is 17.5. The van der Waals surface area contributed by atoms with Crippen molar-refractivity contribution in [3.8, 4) is 23.7 Å². The second kappa shape index (κ2) is 32.6. The molecule has 4 atom stereocenters. The van der Waals surface area contributed by atoms with Crippen molar-refractivity contribution in [2.45, 2.75) is 104 Å². The van der Waals surface area contributed by atoms with Crippen LogP contribution in [0.3, 0.4) is 0 Å². The predicted molar refractivity (Wildman–Crippen MR) is 320 cm³/mol. The molecule has 0 bridgehead atoms. The van der Waals surface area contributed by atoms with Gasteiger partial charge in [-0.05, 0) is 152 Å². The summed E-state index contributed by atoms with van der Waals surface area (Å²) in [4.78, 5) is 25.6. The van der Waals surface area contributed by atoms with Crippen LogP contribution in [0, 0.1) is 63.2 Å². The molecular formula is C62H82F6N12O6. The molecule has 4 N–H and O–H groups in total. The molecule has 0 saturated carbocycles. The number of anilines is 2. The molecule has 6 aromatic rings. The first-order valence-corrected chi connectivity index (χ1v) is 29.2. The third-order valence-corrected chi connectivity index (χ3v) is 15.6. The number of ether oxygens (including phenoxy) is 4. The molecule has 18 nitrogen and oxygen atoms in total. The first kappa shape index (κ1) is 66.5. The van der Waals surface area contributed by atoms with Gasteiger partial charge in [0.15, 0.2) is 0 Å². The van der Waals surface area contributed by atoms with E-state index in [-0.39, 0.29) is 36.6 Å². The zero-order valence-corrected chi connectivity index (χ0v) is 50.1. The number of nitrogens with zero attached hydrogens (tertiary/aromatic N) is 8. The van der Waals surface area contributed by atoms with Crippen molar-refractivity contribution in [1.29, 1.82) is 0 Å². The van der Waals surface area contributed by atoms with Crippen LogP contribution < -0.4 is 21.3 Å². The number of piperidine rings is 2. The fraction of sp³-hybridized carbons (Fsp3) is 0.548. The first-order chi connectivity index (χ1) is 41.3. The van der Waals surface area contributed by atoms with Crippen LogP contribution in [0.5, 0.6) is 0 Å². The quantitative estimate of drug-likeness (QED) is 0.0162. The number of carbonyl (C=O) groups excluding carboxylic acids is 2. The lowest BCUT2D eigenvalue weighted by Crippen LogP contribution is -2.45. The lowest BCUT2D eigenvalue weighted by molar-refractivity contribution is -0.140. The smallest absolute Gasteiger partial charge is 0.381 e. The molecule has 4 unspecified atom stereocenters. The molecule has 4 aromatic heterocycles. The van der Waals surface area contributed by atoms with Crippen molar-refractivity contribution in [2.75, 3.05) is 117 Å². The van der Waals surface area contributed by atoms with Gasteiger partial charge in [0.2, 0.25) is 12.8 Å². The Hall–Kier alpha value is -7.06. The molecule has 8 rings (SSSR count). The number of likely N-dealkylation sites (tertiary alicyclic amines) is 2. The van der Waals surface area contributed by atoms with Gasteiger partial charge in [-0.2, -0.15) is 36.5 Å². The minimum absolute atomic E-state index is 0.0539. The number of benzene rings is 2. The molecule has 0 spiro atoms. The Morgan fingerprint density at radius 3 is 1.51 bits per heavy atom. The Labute approximate surface area is 499 Å². The van der Waals surface area contributed by atoms with E-state index in [1.807, 2.05) is 61.6 Å². The zero-order chi connectivity index (χ0) is 61.6. The number of hydrogen-bond donors (Lipinski definition) is 4. The Balaban J connectivity index is 0.000000246. The molecule has 0 aliphatic carbocycles. The van der Waals surface area contributed by atoms with Crippen molar-refractivity contribution in [1.82, 2.24) is 49.1 Å². The second-order valence-electron chi connectivity index (χ2n) is 22.0. The summed E-state index contributed by atoms with van der Waals surface area (Å²) < 4.78 is 110. The van der Waals surface area contributed by atoms with Gasteiger partial charge in [-0.25, -0.2) is 0 Å². The number of nitrogens with one attached hydrogen (secondary N) is 4. The Kier molecular flexibility index (Phi) is 25.2. The van der Waals surface area contributed by atoms with E-state index in [9.17, 15) is 35.9 Å². The van der Waals surface area contributed by atoms with E-state index in [0.717, 1.165) is 74.6 Å². The maximum Gasteiger partial charge on any atom is 0.406 e. The highest BCUT2D eigenvalue weighted by molar-refractivity contribution is 5.95. The number of fused-ring (bicyclic) bond motifs is 2. The number of rotatable bonds is 28. The first-order valence-electron chi connectivity index (χ1n) is 29.2. The number of hydrogen-bond acceptors (Lipinski definition) is 12. The van der Waals surface area contributed by atoms with E-state index in [2.05, 4.69) is 79.0 Å². The van der Waals surface area contributed by atoms with Crippen LogP contribution in [0.1, 0.15) is 59.6 Å². The SMILES string of the molecule is Cc1cn(CCOCCOCCC2CN(C)CCC2Nc2cccc3c2cc(C#CCNC=O)n3CC(F)(F)F)nc1C.Cc1cnn(CCOCCOCCC2CN(C)CCC2Nc2cccc3c2cc(C#CCNC=O)n3CC(F)(F)F)c1C. The molecule has 2 aromatic carbocycles. The molecule has 2 aliphatic heterocycles. The minimum Gasteiger partial charge on any atom is -0.381 e. The summed E-state index contributed by atoms with van der Waals surface area (Å²) in [7, 11) is 4.20. The van der Waals surface area contributed by atoms with Crippen LogP contribution in [0.25, 0.3) is 21.8 Å². The Morgan fingerprint density at radius 2 is 1.09 bits per heavy atom. The average Bonchev–Trinajstić information content (AvgIpc) is 2.37. The maximum atomic E-state index is 13.5. The average molecular weight is 1210 g/mol. The zero-order valence-electron chi connectivity index (χ0n) is 50.1. The van der Waals surface area contributed by atoms with Crippen LogP contribution in [-0.2, 0) is 54.7 Å². The van der Waals surface area contributed by atoms with E-state index in [0.29, 0.717) is 112 Å². The van der Waals surface area contributed by atoms with Crippen LogP contribution in [0.2, 0.25) is 0 Å². The van der Waals surface area contributed by atoms with Crippen molar-refractivity contribution >= 4 is 46.0 Å². The largest absolute Gasteiger partial charge is 0.406 e. The van der Waals surface area contributed by atoms with Gasteiger partial charge < -0.3 is 59.1 Å². The van der Waals surface area contributed by atoms with Gasteiger partial charge in [-0.1, -0.05) is 24.0 Å². The van der Waals surface area contributed by atoms with Gasteiger partial charge in [0.25, 0.3) is 0 Å². The number of alkyl halides is 6. The third-order valence-electron chi connectivity index (χ3n) is 15.6. The summed E-state index contributed by atoms with van der Waals surface area (Å²) in [6, 6.07) is 14.4. The van der Waals surface area contributed by atoms with Crippen molar-refractivity contribution in [2.24, 2.45) is 11.8 Å². The topological polar surface area (TPSA) is 171 Å². The molecule has 86 heavy (non-hydrogen) atoms. The number of amides is 2. The molecule has 2 amide bonds. The molecule has 24 heteroatoms. The number of carbonyl (C=O) groups is 2. The fourth-order valence-corrected chi connectivity index (χ4v) is 10.9. The van der Waals surface area contributed by atoms with Gasteiger partial charge >= 0.3 is 12.4 Å². The summed E-state index contributed by atoms with van der Waals surface area (Å²) in [6.07, 6.45) is -0.433. The standard InChI is InChI=1S/2C31H41F3N6O3/c1-23-19-39(37-24(23)2)13-15-43-17-16-42-14-10-25-20-38(3)12-9-28(25)36-29-7-4-8-30-27(29)18-26(6-5-11-35-22-41)40(30)21-31(32,33)34;1-23-19-36-40(24(23)2)13-15-43-17-16-42-14-10-25-20-38(3)12-9-28(25)37-29-7-4-8-30-27(29)18-26(6-5-11-35-22-41)39(30)21-31(32,33)34/h4,7-8,18-19,22,25,28,36H,9-17,20-21H2,1-3H3,(H,35,41);4,7-8,18-19,22,25,28,37H,9-17,20-21H2,1-3H3,(H,35,41). The van der Waals surface area contributed by atoms with Gasteiger partial charge in [0, 0.05) is 72.4 Å². The van der Waals surface area contributed by atoms with Crippen molar-refractivity contribution in [3.63, 3.8) is 0 Å². The van der Waals surface area contributed by atoms with E-state index < -0.39 is 25.4 Å². The van der Waals surface area contributed by atoms with Gasteiger partial charge in [-0.15, -0.1) is 0 Å². The summed E-state index contributed by atoms with van der Waals surface area (Å²) in [5.74, 6) is 11.6. The lowest BCUT2D eigenvalue weighted by atomic mass is 9.89. The summed E-state index contributed by atoms with van der Waals surface area (Å²) in [5, 5.41) is 22.3. The minimum atomic E-state index is -4.41. The van der Waals surface area contributed by atoms with Crippen molar-refractivity contribution < 1.29 is 54.9 Å². The van der Waals surface area contributed by atoms with Crippen LogP contribution in [0.15, 0.2) is 60.9 Å². The summed E-state index contributed by atoms with van der Waals surface area (Å²) in [5.41, 5.74) is 7.49. The predicted octanol–water partition coefficient (Wildman–Crippen LogP) is 7.94. The molecule has 0 radical (unpaired) electrons. The summed E-state index contributed by atoms with van der Waals surface area (Å²) >= 11 is 0. The van der Waals surface area contributed by atoms with Crippen molar-refractivity contribution in [3.05, 3.63) is 94.8 Å². The van der Waals surface area contributed by atoms with Crippen LogP contribution in [-0.4, -0.2) is 182 Å². The molecule has 2 fully saturated rings. The second-order valence-corrected chi connectivity index (χ2v) is 22.0. The van der Waals surface area contributed by atoms with Gasteiger partial charge in [0.05, 0.1) is 100 Å². The van der Waals surface area contributed by atoms with E-state index in [4.69, 9.17) is 18.9 Å². The van der Waals surface area contributed by atoms with Gasteiger partial charge in [0.1, 0.15) is 13.1 Å². The van der Waals surface area contributed by atoms with Gasteiger partial charge in [-0.3, -0.25) is 19.0 Å². The Morgan fingerprint density at radius 1 is 0.628 bits per heavy atom. The fourth-order valence-electron chi connectivity index (χ4n) is 10.9. The molecule has 468 valence electrons. The van der Waals surface area contributed by atoms with E-state index in [1.54, 1.807) is 36.4 Å². The third kappa shape index (κ3) is 20.3. The molecule has 2 saturated heterocycles. The molecular weight excluding hydrogens is 1120 g/mol. The highest BCUT2D eigenvalue weighted by atomic mass is 19.4. The van der Waals surface area contributed by atoms with E-state index >= 15 is 0 Å². The van der Waals surface area contributed by atoms with Crippen LogP contribution >= 0.6 is 0 Å². The summed E-state index contributed by atoms with van der Waals surface area (Å²) in [6.45, 7) is 15.4. The lowest BCUT2D eigenvalue weighted by Gasteiger charge is -2.38. The van der Waals surface area contributed by atoms with E-state index in [1.165, 1.54) is 20.3 Å².